The monoisotopic (exact) mass is 370 g/mol. The zero-order valence-electron chi connectivity index (χ0n) is 6.35. The van der Waals surface area contributed by atoms with Gasteiger partial charge in [-0.1, -0.05) is 0 Å². The van der Waals surface area contributed by atoms with E-state index in [2.05, 4.69) is 47.8 Å². The van der Waals surface area contributed by atoms with Gasteiger partial charge in [-0.25, -0.2) is 0 Å². The topological polar surface area (TPSA) is 37.3 Å². The Labute approximate surface area is 101 Å². The Bertz CT molecular complexity index is 326. The van der Waals surface area contributed by atoms with Gasteiger partial charge in [-0.15, -0.1) is 0 Å². The second-order valence-electron chi connectivity index (χ2n) is 2.44. The summed E-state index contributed by atoms with van der Waals surface area (Å²) >= 11 is 9.97. The molecular weight excluding hydrogens is 368 g/mol. The van der Waals surface area contributed by atoms with Crippen molar-refractivity contribution in [1.82, 2.24) is 0 Å². The first-order valence-corrected chi connectivity index (χ1v) is 5.74. The van der Waals surface area contributed by atoms with E-state index in [0.717, 1.165) is 19.0 Å². The molecule has 2 nitrogen and oxygen atoms in total. The lowest BCUT2D eigenvalue weighted by Gasteiger charge is -2.03. The van der Waals surface area contributed by atoms with Gasteiger partial charge in [-0.3, -0.25) is 4.79 Å². The van der Waals surface area contributed by atoms with Crippen LogP contribution in [0.2, 0.25) is 0 Å². The van der Waals surface area contributed by atoms with Gasteiger partial charge in [0, 0.05) is 13.4 Å². The summed E-state index contributed by atoms with van der Waals surface area (Å²) in [6, 6.07) is 3.56. The van der Waals surface area contributed by atoms with Gasteiger partial charge >= 0.3 is 5.97 Å². The molecule has 13 heavy (non-hydrogen) atoms. The molecule has 0 amide bonds. The van der Waals surface area contributed by atoms with E-state index in [-0.39, 0.29) is 6.42 Å². The molecule has 0 fully saturated rings. The van der Waals surface area contributed by atoms with Crippen LogP contribution >= 0.6 is 47.8 Å². The SMILES string of the molecule is O=C(O)Cc1cc(Br)c(Br)c(Br)c1. The van der Waals surface area contributed by atoms with Crippen LogP contribution in [-0.2, 0) is 11.2 Å². The van der Waals surface area contributed by atoms with Gasteiger partial charge < -0.3 is 5.11 Å². The highest BCUT2D eigenvalue weighted by Gasteiger charge is 2.07. The highest BCUT2D eigenvalue weighted by molar-refractivity contribution is 9.14. The zero-order chi connectivity index (χ0) is 10.0. The van der Waals surface area contributed by atoms with E-state index < -0.39 is 5.97 Å². The predicted octanol–water partition coefficient (Wildman–Crippen LogP) is 3.60. The summed E-state index contributed by atoms with van der Waals surface area (Å²) in [6.07, 6.45) is 0.0322. The van der Waals surface area contributed by atoms with Crippen LogP contribution < -0.4 is 0 Å². The van der Waals surface area contributed by atoms with Crippen molar-refractivity contribution in [3.05, 3.63) is 31.1 Å². The van der Waals surface area contributed by atoms with Gasteiger partial charge in [0.15, 0.2) is 0 Å². The van der Waals surface area contributed by atoms with Gasteiger partial charge in [0.2, 0.25) is 0 Å². The highest BCUT2D eigenvalue weighted by Crippen LogP contribution is 2.32. The Morgan fingerprint density at radius 1 is 1.23 bits per heavy atom. The van der Waals surface area contributed by atoms with Crippen molar-refractivity contribution in [3.63, 3.8) is 0 Å². The maximum atomic E-state index is 10.4. The fourth-order valence-corrected chi connectivity index (χ4v) is 2.39. The molecule has 0 aliphatic rings. The number of carboxylic acids is 1. The number of carbonyl (C=O) groups is 1. The van der Waals surface area contributed by atoms with Crippen LogP contribution in [0.3, 0.4) is 0 Å². The molecular formula is C8H5Br3O2. The van der Waals surface area contributed by atoms with E-state index in [9.17, 15) is 4.79 Å². The molecule has 1 rings (SSSR count). The Balaban J connectivity index is 3.06. The molecule has 0 saturated heterocycles. The molecule has 0 radical (unpaired) electrons. The molecule has 1 N–H and O–H groups in total. The highest BCUT2D eigenvalue weighted by atomic mass is 79.9. The molecule has 5 heteroatoms. The molecule has 0 aliphatic heterocycles. The van der Waals surface area contributed by atoms with E-state index in [4.69, 9.17) is 5.11 Å². The Kier molecular flexibility index (Phi) is 3.94. The quantitative estimate of drug-likeness (QED) is 0.805. The molecule has 0 unspecified atom stereocenters. The first kappa shape index (κ1) is 11.2. The van der Waals surface area contributed by atoms with Crippen molar-refractivity contribution in [1.29, 1.82) is 0 Å². The Morgan fingerprint density at radius 3 is 2.08 bits per heavy atom. The maximum absolute atomic E-state index is 10.4. The summed E-state index contributed by atoms with van der Waals surface area (Å²) in [4.78, 5) is 10.4. The van der Waals surface area contributed by atoms with E-state index in [0.29, 0.717) is 0 Å². The first-order valence-electron chi connectivity index (χ1n) is 3.36. The molecule has 0 saturated carbocycles. The Morgan fingerprint density at radius 2 is 1.69 bits per heavy atom. The average molecular weight is 373 g/mol. The van der Waals surface area contributed by atoms with Crippen LogP contribution in [0.25, 0.3) is 0 Å². The van der Waals surface area contributed by atoms with Gasteiger partial charge in [-0.2, -0.15) is 0 Å². The van der Waals surface area contributed by atoms with Crippen LogP contribution in [0.4, 0.5) is 0 Å². The van der Waals surface area contributed by atoms with Gasteiger partial charge in [-0.05, 0) is 65.5 Å². The molecule has 0 heterocycles. The third-order valence-corrected chi connectivity index (χ3v) is 4.57. The van der Waals surface area contributed by atoms with Crippen molar-refractivity contribution >= 4 is 53.8 Å². The van der Waals surface area contributed by atoms with Crippen LogP contribution in [-0.4, -0.2) is 11.1 Å². The van der Waals surface area contributed by atoms with E-state index in [1.165, 1.54) is 0 Å². The van der Waals surface area contributed by atoms with Gasteiger partial charge in [0.25, 0.3) is 0 Å². The van der Waals surface area contributed by atoms with Crippen LogP contribution in [0, 0.1) is 0 Å². The Hall–Kier alpha value is 0.130. The summed E-state index contributed by atoms with van der Waals surface area (Å²) < 4.78 is 2.58. The zero-order valence-corrected chi connectivity index (χ0v) is 11.1. The summed E-state index contributed by atoms with van der Waals surface area (Å²) in [5.41, 5.74) is 0.759. The normalized spacial score (nSPS) is 10.1. The minimum Gasteiger partial charge on any atom is -0.481 e. The number of hydrogen-bond acceptors (Lipinski definition) is 1. The predicted molar refractivity (Wildman–Crippen MR) is 60.9 cm³/mol. The van der Waals surface area contributed by atoms with Crippen molar-refractivity contribution in [3.8, 4) is 0 Å². The number of carboxylic acid groups (broad SMARTS) is 1. The van der Waals surface area contributed by atoms with E-state index in [1.54, 1.807) is 12.1 Å². The second-order valence-corrected chi connectivity index (χ2v) is 4.95. The van der Waals surface area contributed by atoms with Crippen LogP contribution in [0.5, 0.6) is 0 Å². The lowest BCUT2D eigenvalue weighted by atomic mass is 10.2. The van der Waals surface area contributed by atoms with Crippen molar-refractivity contribution in [2.45, 2.75) is 6.42 Å². The van der Waals surface area contributed by atoms with Crippen molar-refractivity contribution in [2.24, 2.45) is 0 Å². The van der Waals surface area contributed by atoms with E-state index >= 15 is 0 Å². The number of hydrogen-bond donors (Lipinski definition) is 1. The lowest BCUT2D eigenvalue weighted by Crippen LogP contribution is -2.00. The fourth-order valence-electron chi connectivity index (χ4n) is 0.885. The largest absolute Gasteiger partial charge is 0.481 e. The molecule has 0 aliphatic carbocycles. The number of rotatable bonds is 2. The van der Waals surface area contributed by atoms with Gasteiger partial charge in [0.05, 0.1) is 6.42 Å². The number of benzene rings is 1. The first-order chi connectivity index (χ1) is 6.00. The van der Waals surface area contributed by atoms with Crippen LogP contribution in [0.15, 0.2) is 25.6 Å². The molecule has 0 atom stereocenters. The third-order valence-electron chi connectivity index (χ3n) is 1.40. The standard InChI is InChI=1S/C8H5Br3O2/c9-5-1-4(3-7(12)13)2-6(10)8(5)11/h1-2H,3H2,(H,12,13). The minimum atomic E-state index is -0.832. The third kappa shape index (κ3) is 3.07. The fraction of sp³-hybridized carbons (Fsp3) is 0.125. The lowest BCUT2D eigenvalue weighted by molar-refractivity contribution is -0.136. The average Bonchev–Trinajstić information content (AvgIpc) is 1.98. The van der Waals surface area contributed by atoms with Crippen LogP contribution in [0.1, 0.15) is 5.56 Å². The van der Waals surface area contributed by atoms with Crippen molar-refractivity contribution in [2.75, 3.05) is 0 Å². The number of halogens is 3. The molecule has 0 bridgehead atoms. The summed E-state index contributed by atoms with van der Waals surface area (Å²) in [5.74, 6) is -0.832. The van der Waals surface area contributed by atoms with Crippen molar-refractivity contribution < 1.29 is 9.90 Å². The summed E-state index contributed by atoms with van der Waals surface area (Å²) in [6.45, 7) is 0. The molecule has 0 aromatic heterocycles. The smallest absolute Gasteiger partial charge is 0.307 e. The second kappa shape index (κ2) is 4.57. The molecule has 70 valence electrons. The number of aliphatic carboxylic acids is 1. The molecule has 1 aromatic rings. The maximum Gasteiger partial charge on any atom is 0.307 e. The molecule has 1 aromatic carbocycles. The summed E-state index contributed by atoms with van der Waals surface area (Å²) in [7, 11) is 0. The summed E-state index contributed by atoms with van der Waals surface area (Å²) in [5, 5.41) is 8.58. The van der Waals surface area contributed by atoms with E-state index in [1.807, 2.05) is 0 Å². The molecule has 0 spiro atoms. The minimum absolute atomic E-state index is 0.0322. The van der Waals surface area contributed by atoms with Gasteiger partial charge in [0.1, 0.15) is 0 Å².